The van der Waals surface area contributed by atoms with Gasteiger partial charge in [-0.15, -0.1) is 10.2 Å². The molecule has 2 unspecified atom stereocenters. The van der Waals surface area contributed by atoms with Gasteiger partial charge in [0.1, 0.15) is 17.3 Å². The van der Waals surface area contributed by atoms with Crippen molar-refractivity contribution in [2.45, 2.75) is 19.5 Å². The molecule has 8 nitrogen and oxygen atoms in total. The van der Waals surface area contributed by atoms with Gasteiger partial charge in [0.2, 0.25) is 5.82 Å². The van der Waals surface area contributed by atoms with Crippen LogP contribution in [0.1, 0.15) is 22.0 Å². The number of para-hydroxylation sites is 1. The highest BCUT2D eigenvalue weighted by Crippen LogP contribution is 2.34. The SMILES string of the molecule is COc1ccc(NC(=O)c2nnc3n2CC2CN(Cc4ccccc4OC)CC2C3)cc1. The molecule has 0 bridgehead atoms. The summed E-state index contributed by atoms with van der Waals surface area (Å²) in [6.07, 6.45) is 0.843. The van der Waals surface area contributed by atoms with E-state index in [2.05, 4.69) is 32.5 Å². The number of ether oxygens (including phenoxy) is 2. The topological polar surface area (TPSA) is 81.5 Å². The Morgan fingerprint density at radius 1 is 1.00 bits per heavy atom. The third kappa shape index (κ3) is 3.93. The Kier molecular flexibility index (Phi) is 5.53. The van der Waals surface area contributed by atoms with Crippen LogP contribution in [0.5, 0.6) is 11.5 Å². The van der Waals surface area contributed by atoms with Gasteiger partial charge in [-0.2, -0.15) is 0 Å². The summed E-state index contributed by atoms with van der Waals surface area (Å²) < 4.78 is 12.7. The van der Waals surface area contributed by atoms with Gasteiger partial charge in [-0.05, 0) is 42.2 Å². The summed E-state index contributed by atoms with van der Waals surface area (Å²) in [5.74, 6) is 3.70. The van der Waals surface area contributed by atoms with E-state index in [4.69, 9.17) is 9.47 Å². The Balaban J connectivity index is 1.26. The Morgan fingerprint density at radius 3 is 2.56 bits per heavy atom. The first kappa shape index (κ1) is 20.5. The Bertz CT molecular complexity index is 1110. The molecule has 2 atom stereocenters. The molecule has 2 aliphatic heterocycles. The molecule has 1 aromatic heterocycles. The quantitative estimate of drug-likeness (QED) is 0.644. The zero-order valence-corrected chi connectivity index (χ0v) is 18.3. The van der Waals surface area contributed by atoms with E-state index in [0.29, 0.717) is 23.3 Å². The van der Waals surface area contributed by atoms with Gasteiger partial charge in [0, 0.05) is 43.9 Å². The zero-order valence-electron chi connectivity index (χ0n) is 18.3. The standard InChI is InChI=1S/C24H27N5O3/c1-31-20-9-7-19(8-10-20)25-24(30)23-27-26-22-11-17-13-28(14-18(17)15-29(22)23)12-16-5-3-4-6-21(16)32-2/h3-10,17-18H,11-15H2,1-2H3,(H,25,30). The van der Waals surface area contributed by atoms with Crippen molar-refractivity contribution in [1.29, 1.82) is 0 Å². The summed E-state index contributed by atoms with van der Waals surface area (Å²) in [7, 11) is 3.33. The first-order valence-corrected chi connectivity index (χ1v) is 10.9. The van der Waals surface area contributed by atoms with Gasteiger partial charge in [0.15, 0.2) is 0 Å². The normalized spacial score (nSPS) is 19.8. The predicted octanol–water partition coefficient (Wildman–Crippen LogP) is 2.85. The molecule has 5 rings (SSSR count). The van der Waals surface area contributed by atoms with Crippen molar-refractivity contribution in [3.8, 4) is 11.5 Å². The van der Waals surface area contributed by atoms with Gasteiger partial charge < -0.3 is 19.4 Å². The van der Waals surface area contributed by atoms with E-state index in [-0.39, 0.29) is 5.91 Å². The fourth-order valence-corrected chi connectivity index (χ4v) is 4.85. The number of nitrogens with zero attached hydrogens (tertiary/aromatic N) is 4. The molecule has 2 aromatic carbocycles. The second-order valence-electron chi connectivity index (χ2n) is 8.46. The van der Waals surface area contributed by atoms with Crippen molar-refractivity contribution in [2.24, 2.45) is 11.8 Å². The largest absolute Gasteiger partial charge is 0.497 e. The van der Waals surface area contributed by atoms with Crippen molar-refractivity contribution in [3.63, 3.8) is 0 Å². The van der Waals surface area contributed by atoms with Gasteiger partial charge in [0.25, 0.3) is 5.91 Å². The molecule has 166 valence electrons. The van der Waals surface area contributed by atoms with Crippen LogP contribution in [0.15, 0.2) is 48.5 Å². The highest BCUT2D eigenvalue weighted by Gasteiger charge is 2.39. The third-order valence-electron chi connectivity index (χ3n) is 6.48. The van der Waals surface area contributed by atoms with Crippen LogP contribution in [0, 0.1) is 11.8 Å². The van der Waals surface area contributed by atoms with Crippen LogP contribution in [0.2, 0.25) is 0 Å². The number of hydrogen-bond acceptors (Lipinski definition) is 6. The number of methoxy groups -OCH3 is 2. The highest BCUT2D eigenvalue weighted by atomic mass is 16.5. The molecule has 1 saturated heterocycles. The molecule has 1 fully saturated rings. The van der Waals surface area contributed by atoms with E-state index < -0.39 is 0 Å². The summed E-state index contributed by atoms with van der Waals surface area (Å²) in [5.41, 5.74) is 1.90. The summed E-state index contributed by atoms with van der Waals surface area (Å²) in [5, 5.41) is 11.5. The van der Waals surface area contributed by atoms with Crippen molar-refractivity contribution in [1.82, 2.24) is 19.7 Å². The smallest absolute Gasteiger partial charge is 0.293 e. The lowest BCUT2D eigenvalue weighted by Crippen LogP contribution is -2.31. The lowest BCUT2D eigenvalue weighted by atomic mass is 9.89. The summed E-state index contributed by atoms with van der Waals surface area (Å²) in [4.78, 5) is 15.4. The van der Waals surface area contributed by atoms with Crippen molar-refractivity contribution in [2.75, 3.05) is 32.6 Å². The van der Waals surface area contributed by atoms with E-state index in [1.165, 1.54) is 5.56 Å². The first-order chi connectivity index (χ1) is 15.6. The minimum Gasteiger partial charge on any atom is -0.497 e. The molecule has 0 saturated carbocycles. The Hall–Kier alpha value is -3.39. The van der Waals surface area contributed by atoms with E-state index >= 15 is 0 Å². The van der Waals surface area contributed by atoms with E-state index in [0.717, 1.165) is 49.9 Å². The maximum atomic E-state index is 12.9. The second kappa shape index (κ2) is 8.63. The number of likely N-dealkylation sites (tertiary alicyclic amines) is 1. The molecule has 3 aromatic rings. The van der Waals surface area contributed by atoms with Crippen LogP contribution >= 0.6 is 0 Å². The molecule has 0 radical (unpaired) electrons. The number of carbonyl (C=O) groups excluding carboxylic acids is 1. The van der Waals surface area contributed by atoms with E-state index in [1.807, 2.05) is 41.0 Å². The molecule has 32 heavy (non-hydrogen) atoms. The van der Waals surface area contributed by atoms with Crippen molar-refractivity contribution in [3.05, 3.63) is 65.7 Å². The first-order valence-electron chi connectivity index (χ1n) is 10.9. The maximum Gasteiger partial charge on any atom is 0.293 e. The number of fused-ring (bicyclic) bond motifs is 2. The average molecular weight is 434 g/mol. The summed E-state index contributed by atoms with van der Waals surface area (Å²) in [6.45, 7) is 3.63. The molecule has 0 spiro atoms. The molecule has 0 aliphatic carbocycles. The number of carbonyl (C=O) groups is 1. The molecule has 3 heterocycles. The zero-order chi connectivity index (χ0) is 22.1. The average Bonchev–Trinajstić information content (AvgIpc) is 3.41. The van der Waals surface area contributed by atoms with E-state index in [1.54, 1.807) is 14.2 Å². The van der Waals surface area contributed by atoms with Crippen LogP contribution < -0.4 is 14.8 Å². The van der Waals surface area contributed by atoms with Crippen LogP contribution in [0.25, 0.3) is 0 Å². The van der Waals surface area contributed by atoms with Crippen LogP contribution in [-0.4, -0.2) is 52.9 Å². The number of aromatic nitrogens is 3. The molecule has 8 heteroatoms. The monoisotopic (exact) mass is 433 g/mol. The van der Waals surface area contributed by atoms with Crippen molar-refractivity contribution < 1.29 is 14.3 Å². The summed E-state index contributed by atoms with van der Waals surface area (Å²) in [6, 6.07) is 15.4. The van der Waals surface area contributed by atoms with Crippen molar-refractivity contribution >= 4 is 11.6 Å². The highest BCUT2D eigenvalue weighted by molar-refractivity contribution is 6.01. The number of amides is 1. The maximum absolute atomic E-state index is 12.9. The van der Waals surface area contributed by atoms with Gasteiger partial charge in [-0.1, -0.05) is 18.2 Å². The molecular weight excluding hydrogens is 406 g/mol. The summed E-state index contributed by atoms with van der Waals surface area (Å²) >= 11 is 0. The van der Waals surface area contributed by atoms with Gasteiger partial charge in [-0.3, -0.25) is 9.69 Å². The van der Waals surface area contributed by atoms with Crippen LogP contribution in [0.3, 0.4) is 0 Å². The third-order valence-corrected chi connectivity index (χ3v) is 6.48. The predicted molar refractivity (Wildman–Crippen MR) is 120 cm³/mol. The van der Waals surface area contributed by atoms with Gasteiger partial charge >= 0.3 is 0 Å². The molecule has 2 aliphatic rings. The number of nitrogens with one attached hydrogen (secondary N) is 1. The van der Waals surface area contributed by atoms with E-state index in [9.17, 15) is 4.79 Å². The van der Waals surface area contributed by atoms with Crippen LogP contribution in [0.4, 0.5) is 5.69 Å². The minimum absolute atomic E-state index is 0.240. The Labute approximate surface area is 187 Å². The fraction of sp³-hybridized carbons (Fsp3) is 0.375. The molecule has 1 N–H and O–H groups in total. The number of anilines is 1. The number of benzene rings is 2. The Morgan fingerprint density at radius 2 is 1.78 bits per heavy atom. The lowest BCUT2D eigenvalue weighted by molar-refractivity contribution is 0.100. The van der Waals surface area contributed by atoms with Crippen LogP contribution in [-0.2, 0) is 19.5 Å². The number of hydrogen-bond donors (Lipinski definition) is 1. The fourth-order valence-electron chi connectivity index (χ4n) is 4.85. The number of rotatable bonds is 6. The molecular formula is C24H27N5O3. The second-order valence-corrected chi connectivity index (χ2v) is 8.46. The minimum atomic E-state index is -0.240. The lowest BCUT2D eigenvalue weighted by Gasteiger charge is -2.25. The molecule has 1 amide bonds. The van der Waals surface area contributed by atoms with Gasteiger partial charge in [0.05, 0.1) is 14.2 Å². The van der Waals surface area contributed by atoms with Gasteiger partial charge in [-0.25, -0.2) is 0 Å².